The molecule has 1 saturated heterocycles. The van der Waals surface area contributed by atoms with Crippen molar-refractivity contribution in [1.82, 2.24) is 15.0 Å². The van der Waals surface area contributed by atoms with Crippen LogP contribution in [0.15, 0.2) is 67.8 Å². The van der Waals surface area contributed by atoms with Crippen LogP contribution in [0.1, 0.15) is 68.5 Å². The van der Waals surface area contributed by atoms with Gasteiger partial charge in [0, 0.05) is 36.8 Å². The number of nitrogens with zero attached hydrogens (tertiary/aromatic N) is 3. The lowest BCUT2D eigenvalue weighted by Gasteiger charge is -2.39. The van der Waals surface area contributed by atoms with Gasteiger partial charge in [-0.05, 0) is 47.6 Å². The first-order chi connectivity index (χ1) is 27.2. The fourth-order valence-electron chi connectivity index (χ4n) is 4.82. The van der Waals surface area contributed by atoms with Gasteiger partial charge in [-0.3, -0.25) is 0 Å². The van der Waals surface area contributed by atoms with Gasteiger partial charge in [-0.25, -0.2) is 15.0 Å². The molecule has 3 aromatic heterocycles. The van der Waals surface area contributed by atoms with E-state index in [1.54, 1.807) is 48.6 Å². The minimum absolute atomic E-state index is 0.0962. The molecule has 13 heteroatoms. The van der Waals surface area contributed by atoms with E-state index < -0.39 is 45.4 Å². The molecule has 4 rings (SSSR count). The molecule has 4 heterocycles. The van der Waals surface area contributed by atoms with E-state index in [2.05, 4.69) is 92.1 Å². The van der Waals surface area contributed by atoms with Crippen molar-refractivity contribution in [1.29, 1.82) is 0 Å². The highest BCUT2D eigenvalue weighted by Gasteiger charge is 2.44. The summed E-state index contributed by atoms with van der Waals surface area (Å²) < 4.78 is 28.6. The highest BCUT2D eigenvalue weighted by atomic mass is 28.3. The summed E-state index contributed by atoms with van der Waals surface area (Å²) in [5.74, 6) is 17.2. The summed E-state index contributed by atoms with van der Waals surface area (Å²) in [5.41, 5.74) is 5.89. The van der Waals surface area contributed by atoms with Gasteiger partial charge < -0.3 is 44.1 Å². The maximum absolute atomic E-state index is 10.1. The number of hydrogen-bond donors (Lipinski definition) is 4. The van der Waals surface area contributed by atoms with Crippen molar-refractivity contribution in [3.63, 3.8) is 0 Å². The molecule has 302 valence electrons. The van der Waals surface area contributed by atoms with Gasteiger partial charge in [-0.1, -0.05) is 58.0 Å². The van der Waals surface area contributed by atoms with Gasteiger partial charge in [0.25, 0.3) is 0 Å². The van der Waals surface area contributed by atoms with Crippen LogP contribution >= 0.6 is 0 Å². The number of rotatable bonds is 15. The first kappa shape index (κ1) is 44.7. The van der Waals surface area contributed by atoms with Gasteiger partial charge in [0.1, 0.15) is 72.5 Å². The van der Waals surface area contributed by atoms with E-state index in [0.29, 0.717) is 78.3 Å². The molecule has 1 aliphatic heterocycles. The molecule has 0 amide bonds. The topological polar surface area (TPSA) is 166 Å². The number of aliphatic hydroxyl groups excluding tert-OH is 4. The zero-order valence-corrected chi connectivity index (χ0v) is 34.3. The number of pyridine rings is 3. The molecule has 0 radical (unpaired) electrons. The van der Waals surface area contributed by atoms with Crippen molar-refractivity contribution in [2.45, 2.75) is 88.9 Å². The molecular formula is C44H53N3O9Si. The van der Waals surface area contributed by atoms with E-state index in [4.69, 9.17) is 28.7 Å². The molecule has 5 atom stereocenters. The summed E-state index contributed by atoms with van der Waals surface area (Å²) in [7, 11) is -1.89. The third kappa shape index (κ3) is 13.9. The Hall–Kier alpha value is -5.01. The van der Waals surface area contributed by atoms with Gasteiger partial charge in [0.05, 0.1) is 33.0 Å². The van der Waals surface area contributed by atoms with Crippen LogP contribution < -0.4 is 14.2 Å². The van der Waals surface area contributed by atoms with Crippen molar-refractivity contribution < 1.29 is 44.1 Å². The van der Waals surface area contributed by atoms with E-state index in [-0.39, 0.29) is 18.3 Å². The Kier molecular flexibility index (Phi) is 16.9. The van der Waals surface area contributed by atoms with Crippen molar-refractivity contribution in [2.24, 2.45) is 0 Å². The molecule has 0 unspecified atom stereocenters. The van der Waals surface area contributed by atoms with E-state index in [1.807, 2.05) is 6.07 Å². The Morgan fingerprint density at radius 1 is 0.719 bits per heavy atom. The maximum Gasteiger partial charge on any atom is 0.214 e. The molecule has 0 aromatic carbocycles. The molecule has 1 fully saturated rings. The van der Waals surface area contributed by atoms with Crippen molar-refractivity contribution in [2.75, 3.05) is 33.0 Å². The van der Waals surface area contributed by atoms with Crippen molar-refractivity contribution >= 4 is 8.07 Å². The van der Waals surface area contributed by atoms with Gasteiger partial charge in [-0.15, -0.1) is 18.7 Å². The maximum atomic E-state index is 10.1. The smallest absolute Gasteiger partial charge is 0.214 e. The van der Waals surface area contributed by atoms with Gasteiger partial charge in [-0.2, -0.15) is 0 Å². The molecule has 1 aliphatic rings. The van der Waals surface area contributed by atoms with Crippen molar-refractivity contribution in [3.8, 4) is 52.5 Å². The Balaban J connectivity index is 1.50. The Morgan fingerprint density at radius 2 is 1.26 bits per heavy atom. The third-order valence-electron chi connectivity index (χ3n) is 9.19. The Bertz CT molecular complexity index is 2010. The van der Waals surface area contributed by atoms with Crippen LogP contribution in [0.5, 0.6) is 17.4 Å². The summed E-state index contributed by atoms with van der Waals surface area (Å²) >= 11 is 0. The molecular weight excluding hydrogens is 743 g/mol. The normalized spacial score (nSPS) is 19.1. The first-order valence-electron chi connectivity index (χ1n) is 18.8. The second kappa shape index (κ2) is 21.5. The first-order valence-corrected chi connectivity index (χ1v) is 21.8. The third-order valence-corrected chi connectivity index (χ3v) is 13.7. The quantitative estimate of drug-likeness (QED) is 0.0735. The molecule has 0 aliphatic carbocycles. The van der Waals surface area contributed by atoms with Crippen LogP contribution in [0.25, 0.3) is 0 Å². The van der Waals surface area contributed by atoms with Crippen LogP contribution in [0.4, 0.5) is 0 Å². The number of ether oxygens (including phenoxy) is 5. The van der Waals surface area contributed by atoms with Crippen LogP contribution in [0.2, 0.25) is 18.1 Å². The molecule has 4 N–H and O–H groups in total. The summed E-state index contributed by atoms with van der Waals surface area (Å²) in [4.78, 5) is 13.9. The Labute approximate surface area is 337 Å². The molecule has 57 heavy (non-hydrogen) atoms. The minimum Gasteiger partial charge on any atom is -0.493 e. The van der Waals surface area contributed by atoms with E-state index >= 15 is 0 Å². The summed E-state index contributed by atoms with van der Waals surface area (Å²) in [6.07, 6.45) is -1.35. The number of aromatic nitrogens is 3. The molecule has 0 saturated carbocycles. The predicted octanol–water partition coefficient (Wildman–Crippen LogP) is 4.57. The highest BCUT2D eigenvalue weighted by molar-refractivity contribution is 6.87. The lowest BCUT2D eigenvalue weighted by Crippen LogP contribution is -2.59. The molecule has 0 spiro atoms. The molecule has 3 aromatic rings. The van der Waals surface area contributed by atoms with Gasteiger partial charge >= 0.3 is 0 Å². The second-order valence-corrected chi connectivity index (χ2v) is 19.8. The van der Waals surface area contributed by atoms with Crippen LogP contribution in [0, 0.1) is 35.1 Å². The SMILES string of the molecule is C=CCCOc1cc(C#Cc2cc(OCCC=C)cc(C#C[Si](C)(C)C(C)(C)C)n2)nc(C#Cc2cccc(OCCCO[C@@H]3O[C@H](CO)[C@@H](O)[C@H](O)[C@H]3O)n2)c1. The Morgan fingerprint density at radius 3 is 1.79 bits per heavy atom. The van der Waals surface area contributed by atoms with E-state index in [9.17, 15) is 20.4 Å². The second-order valence-electron chi connectivity index (χ2n) is 14.8. The highest BCUT2D eigenvalue weighted by Crippen LogP contribution is 2.35. The monoisotopic (exact) mass is 795 g/mol. The number of aliphatic hydroxyl groups is 4. The van der Waals surface area contributed by atoms with Gasteiger partial charge in [0.15, 0.2) is 6.29 Å². The fourth-order valence-corrected chi connectivity index (χ4v) is 5.64. The zero-order chi connectivity index (χ0) is 41.4. The van der Waals surface area contributed by atoms with Crippen molar-refractivity contribution in [3.05, 3.63) is 96.2 Å². The average Bonchev–Trinajstić information content (AvgIpc) is 3.18. The molecule has 0 bridgehead atoms. The lowest BCUT2D eigenvalue weighted by molar-refractivity contribution is -0.301. The minimum atomic E-state index is -1.89. The summed E-state index contributed by atoms with van der Waals surface area (Å²) in [6.45, 7) is 19.4. The fraction of sp³-hybridized carbons (Fsp3) is 0.432. The van der Waals surface area contributed by atoms with Crippen LogP contribution in [-0.4, -0.2) is 107 Å². The van der Waals surface area contributed by atoms with Gasteiger partial charge in [0.2, 0.25) is 5.88 Å². The number of hydrogen-bond acceptors (Lipinski definition) is 12. The summed E-state index contributed by atoms with van der Waals surface area (Å²) in [5, 5.41) is 39.5. The summed E-state index contributed by atoms with van der Waals surface area (Å²) in [6, 6.07) is 12.3. The van der Waals surface area contributed by atoms with Crippen LogP contribution in [-0.2, 0) is 9.47 Å². The lowest BCUT2D eigenvalue weighted by atomic mass is 9.99. The largest absolute Gasteiger partial charge is 0.493 e. The van der Waals surface area contributed by atoms with Crippen LogP contribution in [0.3, 0.4) is 0 Å². The molecule has 12 nitrogen and oxygen atoms in total. The standard InChI is InChI=1S/C44H53N3O9Si/c1-8-10-21-52-36-26-32(17-16-31-14-12-15-39(47-31)54-23-13-24-55-43-42(51)41(50)40(49)38(30-48)56-43)45-33(27-36)18-19-34-28-37(53-22-11-9-2)29-35(46-34)20-25-57(6,7)44(3,4)5/h8-9,12,14-15,26-29,38,40-43,48-51H,1-2,10-11,13,21-24,30H2,3-7H3/t38-,40-,41+,42-,43-/m1/s1. The van der Waals surface area contributed by atoms with E-state index in [1.165, 1.54) is 0 Å². The average molecular weight is 796 g/mol. The predicted molar refractivity (Wildman–Crippen MR) is 219 cm³/mol. The van der Waals surface area contributed by atoms with E-state index in [0.717, 1.165) is 0 Å². The zero-order valence-electron chi connectivity index (χ0n) is 33.3.